The first-order chi connectivity index (χ1) is 11.1. The molecule has 118 valence electrons. The number of nitrogens with zero attached hydrogens (tertiary/aromatic N) is 4. The minimum atomic E-state index is -0.254. The molecule has 0 atom stereocenters. The molecule has 0 spiro atoms. The summed E-state index contributed by atoms with van der Waals surface area (Å²) >= 11 is 5.91. The molecule has 7 heteroatoms. The number of benzene rings is 1. The van der Waals surface area contributed by atoms with E-state index in [1.165, 1.54) is 4.57 Å². The van der Waals surface area contributed by atoms with Crippen molar-refractivity contribution in [2.45, 2.75) is 25.8 Å². The highest BCUT2D eigenvalue weighted by Gasteiger charge is 2.19. The monoisotopic (exact) mass is 330 g/mol. The largest absolute Gasteiger partial charge is 0.343 e. The number of hydrogen-bond acceptors (Lipinski definition) is 4. The third kappa shape index (κ3) is 3.06. The standard InChI is InChI=1S/C16H15ClN4O2/c17-11-4-5-12-13(9-11)19-14(10-18)21(16(12)23)8-2-7-20-6-1-3-15(20)22/h4-5,9H,1-3,6-8H2. The Balaban J connectivity index is 1.86. The number of aromatic nitrogens is 2. The first-order valence-electron chi connectivity index (χ1n) is 7.48. The Morgan fingerprint density at radius 3 is 2.83 bits per heavy atom. The number of halogens is 1. The Bertz CT molecular complexity index is 869. The molecule has 0 unspecified atom stereocenters. The summed E-state index contributed by atoms with van der Waals surface area (Å²) in [6.45, 7) is 1.72. The first-order valence-corrected chi connectivity index (χ1v) is 7.86. The number of carbonyl (C=O) groups is 1. The second-order valence-electron chi connectivity index (χ2n) is 5.50. The van der Waals surface area contributed by atoms with Gasteiger partial charge in [0, 0.05) is 31.1 Å². The molecule has 3 rings (SSSR count). The number of fused-ring (bicyclic) bond motifs is 1. The van der Waals surface area contributed by atoms with E-state index in [1.807, 2.05) is 6.07 Å². The van der Waals surface area contributed by atoms with Gasteiger partial charge in [0.1, 0.15) is 6.07 Å². The smallest absolute Gasteiger partial charge is 0.262 e. The highest BCUT2D eigenvalue weighted by atomic mass is 35.5. The van der Waals surface area contributed by atoms with Gasteiger partial charge in [0.25, 0.3) is 5.56 Å². The van der Waals surface area contributed by atoms with Gasteiger partial charge < -0.3 is 4.90 Å². The van der Waals surface area contributed by atoms with Crippen molar-refractivity contribution in [2.75, 3.05) is 13.1 Å². The molecule has 1 aromatic heterocycles. The van der Waals surface area contributed by atoms with Crippen LogP contribution in [-0.4, -0.2) is 33.4 Å². The van der Waals surface area contributed by atoms with E-state index in [9.17, 15) is 14.9 Å². The molecule has 1 saturated heterocycles. The van der Waals surface area contributed by atoms with E-state index < -0.39 is 0 Å². The Morgan fingerprint density at radius 1 is 1.30 bits per heavy atom. The normalized spacial score (nSPS) is 14.4. The Morgan fingerprint density at radius 2 is 2.13 bits per heavy atom. The molecule has 0 radical (unpaired) electrons. The summed E-state index contributed by atoms with van der Waals surface area (Å²) in [4.78, 5) is 30.2. The van der Waals surface area contributed by atoms with Gasteiger partial charge in [-0.05, 0) is 31.0 Å². The van der Waals surface area contributed by atoms with Crippen molar-refractivity contribution >= 4 is 28.4 Å². The van der Waals surface area contributed by atoms with Crippen LogP contribution < -0.4 is 5.56 Å². The molecule has 2 aromatic rings. The van der Waals surface area contributed by atoms with Gasteiger partial charge >= 0.3 is 0 Å². The number of amides is 1. The number of hydrogen-bond donors (Lipinski definition) is 0. The van der Waals surface area contributed by atoms with Crippen molar-refractivity contribution in [3.8, 4) is 6.07 Å². The second kappa shape index (κ2) is 6.39. The number of rotatable bonds is 4. The van der Waals surface area contributed by atoms with Gasteiger partial charge in [-0.25, -0.2) is 4.98 Å². The molecule has 1 amide bonds. The van der Waals surface area contributed by atoms with Crippen LogP contribution in [0.2, 0.25) is 5.02 Å². The van der Waals surface area contributed by atoms with Crippen LogP contribution in [0, 0.1) is 11.3 Å². The lowest BCUT2D eigenvalue weighted by Gasteiger charge is -2.16. The zero-order chi connectivity index (χ0) is 16.4. The molecule has 1 fully saturated rings. The average molecular weight is 331 g/mol. The summed E-state index contributed by atoms with van der Waals surface area (Å²) in [6.07, 6.45) is 2.10. The maximum absolute atomic E-state index is 12.6. The quantitative estimate of drug-likeness (QED) is 0.858. The van der Waals surface area contributed by atoms with Crippen molar-refractivity contribution in [1.29, 1.82) is 5.26 Å². The average Bonchev–Trinajstić information content (AvgIpc) is 2.94. The van der Waals surface area contributed by atoms with Crippen LogP contribution in [0.15, 0.2) is 23.0 Å². The maximum Gasteiger partial charge on any atom is 0.262 e. The van der Waals surface area contributed by atoms with Crippen molar-refractivity contribution in [3.05, 3.63) is 39.4 Å². The summed E-state index contributed by atoms with van der Waals surface area (Å²) in [7, 11) is 0. The molecule has 1 aromatic carbocycles. The summed E-state index contributed by atoms with van der Waals surface area (Å²) in [5.74, 6) is 0.224. The highest BCUT2D eigenvalue weighted by Crippen LogP contribution is 2.16. The van der Waals surface area contributed by atoms with E-state index in [-0.39, 0.29) is 17.3 Å². The fourth-order valence-electron chi connectivity index (χ4n) is 2.85. The lowest BCUT2D eigenvalue weighted by molar-refractivity contribution is -0.127. The van der Waals surface area contributed by atoms with Crippen LogP contribution in [0.5, 0.6) is 0 Å². The van der Waals surface area contributed by atoms with Crippen LogP contribution in [0.3, 0.4) is 0 Å². The summed E-state index contributed by atoms with van der Waals surface area (Å²) < 4.78 is 1.37. The van der Waals surface area contributed by atoms with Crippen molar-refractivity contribution < 1.29 is 4.79 Å². The topological polar surface area (TPSA) is 79.0 Å². The summed E-state index contributed by atoms with van der Waals surface area (Å²) in [6, 6.07) is 6.79. The van der Waals surface area contributed by atoms with Crippen LogP contribution in [0.4, 0.5) is 0 Å². The Kier molecular flexibility index (Phi) is 4.30. The van der Waals surface area contributed by atoms with E-state index in [2.05, 4.69) is 4.98 Å². The zero-order valence-corrected chi connectivity index (χ0v) is 13.2. The lowest BCUT2D eigenvalue weighted by Crippen LogP contribution is -2.29. The first kappa shape index (κ1) is 15.5. The van der Waals surface area contributed by atoms with Gasteiger partial charge in [-0.2, -0.15) is 5.26 Å². The van der Waals surface area contributed by atoms with Crippen molar-refractivity contribution in [1.82, 2.24) is 14.5 Å². The molecule has 0 bridgehead atoms. The Hall–Kier alpha value is -2.39. The molecule has 0 N–H and O–H groups in total. The fourth-order valence-corrected chi connectivity index (χ4v) is 3.01. The van der Waals surface area contributed by atoms with E-state index in [0.717, 1.165) is 13.0 Å². The van der Waals surface area contributed by atoms with Crippen LogP contribution in [0.25, 0.3) is 10.9 Å². The number of carbonyl (C=O) groups excluding carboxylic acids is 1. The van der Waals surface area contributed by atoms with Gasteiger partial charge in [0.15, 0.2) is 0 Å². The Labute approximate surface area is 137 Å². The number of likely N-dealkylation sites (tertiary alicyclic amines) is 1. The predicted octanol–water partition coefficient (Wildman–Crippen LogP) is 1.93. The van der Waals surface area contributed by atoms with Crippen LogP contribution >= 0.6 is 11.6 Å². The van der Waals surface area contributed by atoms with Crippen molar-refractivity contribution in [3.63, 3.8) is 0 Å². The molecule has 0 aliphatic carbocycles. The minimum Gasteiger partial charge on any atom is -0.343 e. The third-order valence-corrected chi connectivity index (χ3v) is 4.23. The molecular weight excluding hydrogens is 316 g/mol. The van der Waals surface area contributed by atoms with Gasteiger partial charge in [-0.3, -0.25) is 14.2 Å². The number of nitriles is 1. The predicted molar refractivity (Wildman–Crippen MR) is 86.2 cm³/mol. The van der Waals surface area contributed by atoms with E-state index >= 15 is 0 Å². The fraction of sp³-hybridized carbons (Fsp3) is 0.375. The van der Waals surface area contributed by atoms with Gasteiger partial charge in [-0.1, -0.05) is 11.6 Å². The summed E-state index contributed by atoms with van der Waals surface area (Å²) in [5, 5.41) is 10.2. The highest BCUT2D eigenvalue weighted by molar-refractivity contribution is 6.31. The van der Waals surface area contributed by atoms with Gasteiger partial charge in [0.2, 0.25) is 11.7 Å². The van der Waals surface area contributed by atoms with E-state index in [1.54, 1.807) is 23.1 Å². The molecule has 6 nitrogen and oxygen atoms in total. The van der Waals surface area contributed by atoms with Crippen LogP contribution in [-0.2, 0) is 11.3 Å². The van der Waals surface area contributed by atoms with E-state index in [4.69, 9.17) is 11.6 Å². The zero-order valence-electron chi connectivity index (χ0n) is 12.5. The minimum absolute atomic E-state index is 0.0671. The van der Waals surface area contributed by atoms with Gasteiger partial charge in [-0.15, -0.1) is 0 Å². The summed E-state index contributed by atoms with van der Waals surface area (Å²) in [5.41, 5.74) is 0.168. The van der Waals surface area contributed by atoms with Crippen molar-refractivity contribution in [2.24, 2.45) is 0 Å². The van der Waals surface area contributed by atoms with E-state index in [0.29, 0.717) is 41.9 Å². The lowest BCUT2D eigenvalue weighted by atomic mass is 10.2. The molecular formula is C16H15ClN4O2. The molecule has 0 saturated carbocycles. The van der Waals surface area contributed by atoms with Crippen LogP contribution in [0.1, 0.15) is 25.1 Å². The second-order valence-corrected chi connectivity index (χ2v) is 5.94. The maximum atomic E-state index is 12.6. The molecule has 23 heavy (non-hydrogen) atoms. The SMILES string of the molecule is N#Cc1nc2cc(Cl)ccc2c(=O)n1CCCN1CCCC1=O. The van der Waals surface area contributed by atoms with Gasteiger partial charge in [0.05, 0.1) is 10.9 Å². The third-order valence-electron chi connectivity index (χ3n) is 4.00. The molecule has 1 aliphatic rings. The molecule has 1 aliphatic heterocycles. The molecule has 2 heterocycles.